The van der Waals surface area contributed by atoms with Crippen molar-refractivity contribution in [1.29, 1.82) is 5.41 Å². The first-order valence-corrected chi connectivity index (χ1v) is 7.14. The smallest absolute Gasteiger partial charge is 0.394 e. The summed E-state index contributed by atoms with van der Waals surface area (Å²) in [4.78, 5) is 4.16. The van der Waals surface area contributed by atoms with Crippen LogP contribution in [0.15, 0.2) is 36.5 Å². The molecule has 0 bridgehead atoms. The van der Waals surface area contributed by atoms with Crippen molar-refractivity contribution in [3.05, 3.63) is 47.7 Å². The molecule has 0 fully saturated rings. The summed E-state index contributed by atoms with van der Waals surface area (Å²) in [6, 6.07) is 7.48. The van der Waals surface area contributed by atoms with Crippen LogP contribution in [0, 0.1) is 5.41 Å². The molecule has 1 heterocycles. The van der Waals surface area contributed by atoms with Crippen LogP contribution in [0.5, 0.6) is 5.75 Å². The molecular weight excluding hydrogens is 318 g/mol. The first kappa shape index (κ1) is 17.8. The van der Waals surface area contributed by atoms with Crippen LogP contribution in [0.25, 0.3) is 0 Å². The lowest BCUT2D eigenvalue weighted by Gasteiger charge is -2.16. The zero-order chi connectivity index (χ0) is 17.7. The van der Waals surface area contributed by atoms with E-state index in [0.717, 1.165) is 0 Å². The fraction of sp³-hybridized carbons (Fsp3) is 0.250. The Morgan fingerprint density at radius 3 is 2.54 bits per heavy atom. The topological polar surface area (TPSA) is 104 Å². The summed E-state index contributed by atoms with van der Waals surface area (Å²) in [6.07, 6.45) is -1.76. The van der Waals surface area contributed by atoms with Crippen molar-refractivity contribution in [1.82, 2.24) is 4.98 Å². The predicted molar refractivity (Wildman–Crippen MR) is 87.0 cm³/mol. The van der Waals surface area contributed by atoms with Crippen LogP contribution >= 0.6 is 0 Å². The molecule has 0 atom stereocenters. The summed E-state index contributed by atoms with van der Waals surface area (Å²) in [7, 11) is 0. The van der Waals surface area contributed by atoms with Crippen LogP contribution in [0.3, 0.4) is 0 Å². The Labute approximate surface area is 137 Å². The minimum atomic E-state index is -3.25. The third kappa shape index (κ3) is 4.46. The number of ether oxygens (including phenoxy) is 1. The van der Waals surface area contributed by atoms with Crippen molar-refractivity contribution >= 4 is 17.2 Å². The number of nitrogens with zero attached hydrogens (tertiary/aromatic N) is 1. The first-order chi connectivity index (χ1) is 11.3. The van der Waals surface area contributed by atoms with Gasteiger partial charge in [-0.2, -0.15) is 8.78 Å². The molecule has 5 N–H and O–H groups in total. The molecule has 128 valence electrons. The van der Waals surface area contributed by atoms with Gasteiger partial charge in [0.1, 0.15) is 11.6 Å². The Morgan fingerprint density at radius 1 is 1.33 bits per heavy atom. The van der Waals surface area contributed by atoms with Gasteiger partial charge in [-0.05, 0) is 35.9 Å². The van der Waals surface area contributed by atoms with E-state index in [0.29, 0.717) is 29.6 Å². The predicted octanol–water partition coefficient (Wildman–Crippen LogP) is 2.64. The Morgan fingerprint density at radius 2 is 2.00 bits per heavy atom. The van der Waals surface area contributed by atoms with Gasteiger partial charge < -0.3 is 26.3 Å². The molecule has 8 heteroatoms. The van der Waals surface area contributed by atoms with Gasteiger partial charge in [0, 0.05) is 30.9 Å². The number of aromatic nitrogens is 1. The monoisotopic (exact) mass is 336 g/mol. The van der Waals surface area contributed by atoms with E-state index < -0.39 is 6.11 Å². The Bertz CT molecular complexity index is 715. The van der Waals surface area contributed by atoms with Crippen molar-refractivity contribution in [3.63, 3.8) is 0 Å². The van der Waals surface area contributed by atoms with Gasteiger partial charge in [-0.1, -0.05) is 0 Å². The third-order valence-electron chi connectivity index (χ3n) is 3.13. The number of hydrogen-bond acceptors (Lipinski definition) is 6. The fourth-order valence-corrected chi connectivity index (χ4v) is 2.12. The largest absolute Gasteiger partial charge is 0.433 e. The average molecular weight is 336 g/mol. The van der Waals surface area contributed by atoms with Crippen molar-refractivity contribution in [2.24, 2.45) is 5.73 Å². The number of aliphatic hydroxyl groups is 1. The maximum absolute atomic E-state index is 12.8. The maximum atomic E-state index is 12.8. The number of aliphatic hydroxyl groups excluding tert-OH is 1. The molecule has 0 aliphatic heterocycles. The number of pyridine rings is 1. The van der Waals surface area contributed by atoms with Crippen LogP contribution in [-0.2, 0) is 6.61 Å². The van der Waals surface area contributed by atoms with Gasteiger partial charge >= 0.3 is 6.11 Å². The third-order valence-corrected chi connectivity index (χ3v) is 3.13. The van der Waals surface area contributed by atoms with Gasteiger partial charge in [0.25, 0.3) is 0 Å². The van der Waals surface area contributed by atoms with Gasteiger partial charge in [0.15, 0.2) is 0 Å². The zero-order valence-corrected chi connectivity index (χ0v) is 13.0. The molecule has 2 aromatic rings. The van der Waals surface area contributed by atoms with Crippen molar-refractivity contribution < 1.29 is 18.6 Å². The van der Waals surface area contributed by atoms with Crippen molar-refractivity contribution in [3.8, 4) is 5.75 Å². The van der Waals surface area contributed by atoms with E-state index in [9.17, 15) is 13.9 Å². The number of alkyl halides is 2. The van der Waals surface area contributed by atoms with Crippen LogP contribution < -0.4 is 15.8 Å². The summed E-state index contributed by atoms with van der Waals surface area (Å²) in [5.74, 6) is 0.381. The lowest BCUT2D eigenvalue weighted by atomic mass is 10.0. The summed E-state index contributed by atoms with van der Waals surface area (Å²) in [5.41, 5.74) is 7.15. The molecule has 1 aromatic heterocycles. The van der Waals surface area contributed by atoms with E-state index in [1.54, 1.807) is 18.2 Å². The van der Waals surface area contributed by atoms with E-state index in [-0.39, 0.29) is 24.6 Å². The van der Waals surface area contributed by atoms with E-state index in [1.165, 1.54) is 18.3 Å². The standard InChI is InChI=1S/C16H18F2N4O2/c1-16(17,18)24-12-4-2-11(3-5-12)22-15-14(13(20)8-19)10(9-23)6-7-21-15/h2-7,20,23H,8-9,19H2,1H3,(H,21,22). The number of nitrogens with two attached hydrogens (primary N) is 1. The second-order valence-electron chi connectivity index (χ2n) is 5.09. The summed E-state index contributed by atoms with van der Waals surface area (Å²) in [6.45, 7) is 0.396. The van der Waals surface area contributed by atoms with E-state index >= 15 is 0 Å². The number of halogens is 2. The molecule has 0 spiro atoms. The molecule has 0 aliphatic carbocycles. The number of anilines is 2. The minimum Gasteiger partial charge on any atom is -0.433 e. The molecule has 0 saturated heterocycles. The molecule has 6 nitrogen and oxygen atoms in total. The molecular formula is C16H18F2N4O2. The lowest BCUT2D eigenvalue weighted by molar-refractivity contribution is -0.158. The molecule has 2 rings (SSSR count). The van der Waals surface area contributed by atoms with Gasteiger partial charge in [-0.3, -0.25) is 0 Å². The lowest BCUT2D eigenvalue weighted by Crippen LogP contribution is -2.19. The van der Waals surface area contributed by atoms with E-state index in [4.69, 9.17) is 11.1 Å². The summed E-state index contributed by atoms with van der Waals surface area (Å²) >= 11 is 0. The highest BCUT2D eigenvalue weighted by Gasteiger charge is 2.23. The molecule has 0 unspecified atom stereocenters. The Hall–Kier alpha value is -2.58. The van der Waals surface area contributed by atoms with Crippen LogP contribution in [0.1, 0.15) is 18.1 Å². The number of benzene rings is 1. The highest BCUT2D eigenvalue weighted by Crippen LogP contribution is 2.26. The summed E-state index contributed by atoms with van der Waals surface area (Å²) in [5, 5.41) is 20.4. The Kier molecular flexibility index (Phi) is 5.42. The molecule has 0 saturated carbocycles. The number of rotatable bonds is 7. The Balaban J connectivity index is 2.26. The van der Waals surface area contributed by atoms with Gasteiger partial charge in [-0.15, -0.1) is 0 Å². The number of hydrogen-bond donors (Lipinski definition) is 4. The first-order valence-electron chi connectivity index (χ1n) is 7.14. The van der Waals surface area contributed by atoms with Gasteiger partial charge in [-0.25, -0.2) is 4.98 Å². The average Bonchev–Trinajstić information content (AvgIpc) is 2.54. The molecule has 0 aliphatic rings. The molecule has 24 heavy (non-hydrogen) atoms. The van der Waals surface area contributed by atoms with E-state index in [2.05, 4.69) is 15.0 Å². The second-order valence-corrected chi connectivity index (χ2v) is 5.09. The van der Waals surface area contributed by atoms with E-state index in [1.807, 2.05) is 0 Å². The van der Waals surface area contributed by atoms with Crippen LogP contribution in [-0.4, -0.2) is 28.5 Å². The number of nitrogens with one attached hydrogen (secondary N) is 2. The SMILES string of the molecule is CC(F)(F)Oc1ccc(Nc2nccc(CO)c2C(=N)CN)cc1. The minimum absolute atomic E-state index is 0.00820. The normalized spacial score (nSPS) is 11.2. The van der Waals surface area contributed by atoms with Crippen LogP contribution in [0.2, 0.25) is 0 Å². The van der Waals surface area contributed by atoms with Crippen molar-refractivity contribution in [2.45, 2.75) is 19.6 Å². The molecule has 0 radical (unpaired) electrons. The van der Waals surface area contributed by atoms with Crippen molar-refractivity contribution in [2.75, 3.05) is 11.9 Å². The highest BCUT2D eigenvalue weighted by atomic mass is 19.3. The zero-order valence-electron chi connectivity index (χ0n) is 13.0. The quantitative estimate of drug-likeness (QED) is 0.582. The summed E-state index contributed by atoms with van der Waals surface area (Å²) < 4.78 is 30.1. The second kappa shape index (κ2) is 7.33. The fourth-order valence-electron chi connectivity index (χ4n) is 2.12. The van der Waals surface area contributed by atoms with Crippen LogP contribution in [0.4, 0.5) is 20.3 Å². The van der Waals surface area contributed by atoms with Gasteiger partial charge in [0.2, 0.25) is 0 Å². The van der Waals surface area contributed by atoms with Gasteiger partial charge in [0.05, 0.1) is 12.3 Å². The maximum Gasteiger partial charge on any atom is 0.394 e. The highest BCUT2D eigenvalue weighted by molar-refractivity contribution is 6.05. The molecule has 1 aromatic carbocycles. The molecule has 0 amide bonds.